The molecule has 0 radical (unpaired) electrons. The van der Waals surface area contributed by atoms with Crippen LogP contribution >= 0.6 is 11.3 Å². The number of carbonyl (C=O) groups excluding carboxylic acids is 2. The van der Waals surface area contributed by atoms with Gasteiger partial charge in [0.15, 0.2) is 6.61 Å². The van der Waals surface area contributed by atoms with Crippen molar-refractivity contribution < 1.29 is 23.8 Å². The van der Waals surface area contributed by atoms with Gasteiger partial charge in [0.25, 0.3) is 5.91 Å². The molecule has 1 aromatic heterocycles. The summed E-state index contributed by atoms with van der Waals surface area (Å²) < 4.78 is 16.2. The number of methoxy groups -OCH3 is 1. The van der Waals surface area contributed by atoms with Gasteiger partial charge < -0.3 is 19.5 Å². The standard InChI is InChI=1S/C25H27NO5S/c1-6-30-19-10-8-18(9-11-19)22-17(4)32-24(23(22)25(28)29-5)26-21(27)14-31-20-12-7-15(2)13-16(20)3/h7-13H,6,14H2,1-5H3,(H,26,27). The monoisotopic (exact) mass is 453 g/mol. The molecule has 1 amide bonds. The number of aryl methyl sites for hydroxylation is 3. The first-order valence-corrected chi connectivity index (χ1v) is 11.1. The third-order valence-electron chi connectivity index (χ3n) is 4.87. The minimum absolute atomic E-state index is 0.167. The lowest BCUT2D eigenvalue weighted by atomic mass is 10.0. The number of carbonyl (C=O) groups is 2. The molecular formula is C25H27NO5S. The molecule has 3 aromatic rings. The zero-order valence-corrected chi connectivity index (χ0v) is 19.7. The van der Waals surface area contributed by atoms with Crippen molar-refractivity contribution in [3.63, 3.8) is 0 Å². The van der Waals surface area contributed by atoms with Gasteiger partial charge in [-0.2, -0.15) is 0 Å². The Hall–Kier alpha value is -3.32. The summed E-state index contributed by atoms with van der Waals surface area (Å²) in [6.45, 7) is 8.17. The van der Waals surface area contributed by atoms with Gasteiger partial charge >= 0.3 is 5.97 Å². The molecule has 1 N–H and O–H groups in total. The SMILES string of the molecule is CCOc1ccc(-c2c(C)sc(NC(=O)COc3ccc(C)cc3C)c2C(=O)OC)cc1. The number of hydrogen-bond acceptors (Lipinski definition) is 6. The van der Waals surface area contributed by atoms with Gasteiger partial charge in [-0.05, 0) is 57.0 Å². The van der Waals surface area contributed by atoms with Gasteiger partial charge in [-0.25, -0.2) is 4.79 Å². The quantitative estimate of drug-likeness (QED) is 0.453. The molecule has 0 fully saturated rings. The first-order valence-electron chi connectivity index (χ1n) is 10.3. The Kier molecular flexibility index (Phi) is 7.53. The van der Waals surface area contributed by atoms with Crippen molar-refractivity contribution in [2.75, 3.05) is 25.6 Å². The van der Waals surface area contributed by atoms with Gasteiger partial charge in [0.1, 0.15) is 22.1 Å². The van der Waals surface area contributed by atoms with Crippen LogP contribution < -0.4 is 14.8 Å². The number of anilines is 1. The molecule has 2 aromatic carbocycles. The van der Waals surface area contributed by atoms with Crippen molar-refractivity contribution in [2.24, 2.45) is 0 Å². The van der Waals surface area contributed by atoms with Crippen molar-refractivity contribution >= 4 is 28.2 Å². The zero-order chi connectivity index (χ0) is 23.3. The van der Waals surface area contributed by atoms with E-state index in [0.717, 1.165) is 32.9 Å². The molecular weight excluding hydrogens is 426 g/mol. The number of ether oxygens (including phenoxy) is 3. The number of benzene rings is 2. The van der Waals surface area contributed by atoms with Crippen LogP contribution in [-0.4, -0.2) is 32.2 Å². The average molecular weight is 454 g/mol. The lowest BCUT2D eigenvalue weighted by molar-refractivity contribution is -0.118. The highest BCUT2D eigenvalue weighted by Gasteiger charge is 2.25. The highest BCUT2D eigenvalue weighted by atomic mass is 32.1. The van der Waals surface area contributed by atoms with Crippen molar-refractivity contribution in [3.05, 3.63) is 64.0 Å². The molecule has 0 aliphatic heterocycles. The number of esters is 1. The summed E-state index contributed by atoms with van der Waals surface area (Å²) >= 11 is 1.33. The van der Waals surface area contributed by atoms with Crippen LogP contribution in [0.15, 0.2) is 42.5 Å². The van der Waals surface area contributed by atoms with Crippen molar-refractivity contribution in [2.45, 2.75) is 27.7 Å². The third kappa shape index (κ3) is 5.29. The van der Waals surface area contributed by atoms with Gasteiger partial charge in [-0.15, -0.1) is 11.3 Å². The van der Waals surface area contributed by atoms with Gasteiger partial charge in [0, 0.05) is 10.4 Å². The highest BCUT2D eigenvalue weighted by molar-refractivity contribution is 7.17. The van der Waals surface area contributed by atoms with Gasteiger partial charge in [0.05, 0.1) is 13.7 Å². The second-order valence-electron chi connectivity index (χ2n) is 7.29. The van der Waals surface area contributed by atoms with Crippen molar-refractivity contribution in [1.82, 2.24) is 0 Å². The van der Waals surface area contributed by atoms with Gasteiger partial charge in [-0.1, -0.05) is 29.8 Å². The highest BCUT2D eigenvalue weighted by Crippen LogP contribution is 2.40. The van der Waals surface area contributed by atoms with E-state index in [9.17, 15) is 9.59 Å². The first-order chi connectivity index (χ1) is 15.3. The predicted octanol–water partition coefficient (Wildman–Crippen LogP) is 5.54. The maximum absolute atomic E-state index is 12.6. The summed E-state index contributed by atoms with van der Waals surface area (Å²) in [4.78, 5) is 26.1. The van der Waals surface area contributed by atoms with E-state index < -0.39 is 5.97 Å². The molecule has 0 bridgehead atoms. The zero-order valence-electron chi connectivity index (χ0n) is 18.9. The van der Waals surface area contributed by atoms with Gasteiger partial charge in [-0.3, -0.25) is 4.79 Å². The molecule has 6 nitrogen and oxygen atoms in total. The van der Waals surface area contributed by atoms with Crippen LogP contribution in [0.3, 0.4) is 0 Å². The second-order valence-corrected chi connectivity index (χ2v) is 8.52. The summed E-state index contributed by atoms with van der Waals surface area (Å²) in [6, 6.07) is 13.3. The van der Waals surface area contributed by atoms with E-state index in [0.29, 0.717) is 22.9 Å². The lowest BCUT2D eigenvalue weighted by Crippen LogP contribution is -2.21. The van der Waals surface area contributed by atoms with E-state index in [-0.39, 0.29) is 12.5 Å². The number of nitrogens with one attached hydrogen (secondary N) is 1. The first kappa shape index (κ1) is 23.3. The molecule has 0 saturated heterocycles. The van der Waals surface area contributed by atoms with E-state index in [2.05, 4.69) is 5.32 Å². The van der Waals surface area contributed by atoms with Crippen LogP contribution in [-0.2, 0) is 9.53 Å². The molecule has 168 valence electrons. The Morgan fingerprint density at radius 3 is 2.34 bits per heavy atom. The predicted molar refractivity (Wildman–Crippen MR) is 127 cm³/mol. The summed E-state index contributed by atoms with van der Waals surface area (Å²) in [5.41, 5.74) is 3.99. The minimum atomic E-state index is -0.510. The van der Waals surface area contributed by atoms with Crippen molar-refractivity contribution in [1.29, 1.82) is 0 Å². The molecule has 7 heteroatoms. The topological polar surface area (TPSA) is 73.9 Å². The molecule has 0 aliphatic rings. The fourth-order valence-electron chi connectivity index (χ4n) is 3.43. The Balaban J connectivity index is 1.83. The van der Waals surface area contributed by atoms with Crippen molar-refractivity contribution in [3.8, 4) is 22.6 Å². The van der Waals surface area contributed by atoms with E-state index in [4.69, 9.17) is 14.2 Å². The molecule has 3 rings (SSSR count). The van der Waals surface area contributed by atoms with E-state index in [1.165, 1.54) is 18.4 Å². The second kappa shape index (κ2) is 10.3. The molecule has 0 atom stereocenters. The smallest absolute Gasteiger partial charge is 0.341 e. The summed E-state index contributed by atoms with van der Waals surface area (Å²) in [5.74, 6) is 0.538. The maximum Gasteiger partial charge on any atom is 0.341 e. The molecule has 32 heavy (non-hydrogen) atoms. The third-order valence-corrected chi connectivity index (χ3v) is 5.89. The fraction of sp³-hybridized carbons (Fsp3) is 0.280. The number of hydrogen-bond donors (Lipinski definition) is 1. The van der Waals surface area contributed by atoms with Crippen LogP contribution in [0.25, 0.3) is 11.1 Å². The molecule has 1 heterocycles. The largest absolute Gasteiger partial charge is 0.494 e. The summed E-state index contributed by atoms with van der Waals surface area (Å²) in [6.07, 6.45) is 0. The van der Waals surface area contributed by atoms with Crippen LogP contribution in [0.2, 0.25) is 0 Å². The Morgan fingerprint density at radius 2 is 1.72 bits per heavy atom. The van der Waals surface area contributed by atoms with Crippen LogP contribution in [0.1, 0.15) is 33.3 Å². The van der Waals surface area contributed by atoms with Gasteiger partial charge in [0.2, 0.25) is 0 Å². The molecule has 0 unspecified atom stereocenters. The number of thiophene rings is 1. The lowest BCUT2D eigenvalue weighted by Gasteiger charge is -2.11. The minimum Gasteiger partial charge on any atom is -0.494 e. The maximum atomic E-state index is 12.6. The average Bonchev–Trinajstić information content (AvgIpc) is 3.08. The van der Waals surface area contributed by atoms with E-state index >= 15 is 0 Å². The number of rotatable bonds is 8. The number of amides is 1. The Labute approximate surface area is 192 Å². The van der Waals surface area contributed by atoms with E-state index in [1.807, 2.05) is 70.2 Å². The van der Waals surface area contributed by atoms with Crippen LogP contribution in [0.4, 0.5) is 5.00 Å². The summed E-state index contributed by atoms with van der Waals surface area (Å²) in [5, 5.41) is 3.26. The molecule has 0 saturated carbocycles. The van der Waals surface area contributed by atoms with Crippen LogP contribution in [0, 0.1) is 20.8 Å². The van der Waals surface area contributed by atoms with E-state index in [1.54, 1.807) is 0 Å². The fourth-order valence-corrected chi connectivity index (χ4v) is 4.51. The molecule has 0 aliphatic carbocycles. The normalized spacial score (nSPS) is 10.5. The van der Waals surface area contributed by atoms with Crippen LogP contribution in [0.5, 0.6) is 11.5 Å². The molecule has 0 spiro atoms. The Bertz CT molecular complexity index is 1120. The summed E-state index contributed by atoms with van der Waals surface area (Å²) in [7, 11) is 1.33. The Morgan fingerprint density at radius 1 is 1.00 bits per heavy atom.